The first-order chi connectivity index (χ1) is 13.0. The minimum absolute atomic E-state index is 0.0764. The maximum atomic E-state index is 13.1. The molecule has 1 aliphatic heterocycles. The minimum Gasteiger partial charge on any atom is -0.419 e. The van der Waals surface area contributed by atoms with Gasteiger partial charge < -0.3 is 14.8 Å². The third-order valence-electron chi connectivity index (χ3n) is 3.61. The van der Waals surface area contributed by atoms with E-state index in [0.29, 0.717) is 0 Å². The number of esters is 2. The highest BCUT2D eigenvalue weighted by Gasteiger charge is 2.39. The molecule has 0 atom stereocenters. The maximum absolute atomic E-state index is 13.1. The van der Waals surface area contributed by atoms with Crippen molar-refractivity contribution in [1.29, 1.82) is 0 Å². The second kappa shape index (κ2) is 6.86. The average Bonchev–Trinajstić information content (AvgIpc) is 2.98. The van der Waals surface area contributed by atoms with Gasteiger partial charge in [-0.2, -0.15) is 18.3 Å². The lowest BCUT2D eigenvalue weighted by molar-refractivity contribution is -0.222. The van der Waals surface area contributed by atoms with Crippen molar-refractivity contribution >= 4 is 29.2 Å². The molecule has 1 aromatic carbocycles. The van der Waals surface area contributed by atoms with E-state index in [1.807, 2.05) is 0 Å². The van der Waals surface area contributed by atoms with Crippen LogP contribution in [-0.2, 0) is 25.2 Å². The summed E-state index contributed by atoms with van der Waals surface area (Å²) in [5, 5.41) is 6.73. The topological polar surface area (TPSA) is 82.5 Å². The summed E-state index contributed by atoms with van der Waals surface area (Å²) in [6.07, 6.45) is -0.992. The molecule has 2 aromatic rings. The molecule has 1 aromatic heterocycles. The van der Waals surface area contributed by atoms with E-state index in [-0.39, 0.29) is 16.4 Å². The Bertz CT molecular complexity index is 960. The summed E-state index contributed by atoms with van der Waals surface area (Å²) in [6.45, 7) is 2.75. The van der Waals surface area contributed by atoms with Gasteiger partial charge in [0.15, 0.2) is 5.57 Å². The van der Waals surface area contributed by atoms with Crippen molar-refractivity contribution < 1.29 is 32.2 Å². The maximum Gasteiger partial charge on any atom is 0.416 e. The Morgan fingerprint density at radius 1 is 1.21 bits per heavy atom. The molecular formula is C17H13ClF3N3O4. The molecule has 0 aliphatic carbocycles. The van der Waals surface area contributed by atoms with Crippen LogP contribution in [0.4, 0.5) is 18.9 Å². The first kappa shape index (κ1) is 19.7. The van der Waals surface area contributed by atoms with Gasteiger partial charge >= 0.3 is 18.1 Å². The van der Waals surface area contributed by atoms with Crippen LogP contribution in [-0.4, -0.2) is 27.5 Å². The van der Waals surface area contributed by atoms with Crippen molar-refractivity contribution in [2.45, 2.75) is 25.8 Å². The summed E-state index contributed by atoms with van der Waals surface area (Å²) in [6, 6.07) is 2.86. The lowest BCUT2D eigenvalue weighted by atomic mass is 10.1. The number of ether oxygens (including phenoxy) is 2. The molecule has 0 amide bonds. The molecule has 148 valence electrons. The molecule has 1 fully saturated rings. The molecular weight excluding hydrogens is 403 g/mol. The zero-order valence-corrected chi connectivity index (χ0v) is 15.3. The predicted molar refractivity (Wildman–Crippen MR) is 91.5 cm³/mol. The van der Waals surface area contributed by atoms with E-state index in [2.05, 4.69) is 10.4 Å². The first-order valence-corrected chi connectivity index (χ1v) is 8.19. The van der Waals surface area contributed by atoms with Crippen molar-refractivity contribution in [2.75, 3.05) is 5.32 Å². The van der Waals surface area contributed by atoms with Gasteiger partial charge in [-0.05, 0) is 18.2 Å². The number of hydrogen-bond acceptors (Lipinski definition) is 6. The third kappa shape index (κ3) is 4.11. The smallest absolute Gasteiger partial charge is 0.416 e. The molecule has 7 nitrogen and oxygen atoms in total. The summed E-state index contributed by atoms with van der Waals surface area (Å²) >= 11 is 5.81. The zero-order chi connectivity index (χ0) is 20.7. The van der Waals surface area contributed by atoms with Crippen LogP contribution in [0, 0.1) is 0 Å². The highest BCUT2D eigenvalue weighted by Crippen LogP contribution is 2.34. The van der Waals surface area contributed by atoms with Gasteiger partial charge in [0.2, 0.25) is 0 Å². The van der Waals surface area contributed by atoms with E-state index >= 15 is 0 Å². The van der Waals surface area contributed by atoms with Gasteiger partial charge in [-0.25, -0.2) is 14.3 Å². The molecule has 0 unspecified atom stereocenters. The number of rotatable bonds is 3. The molecule has 2 heterocycles. The molecule has 11 heteroatoms. The lowest BCUT2D eigenvalue weighted by Crippen LogP contribution is -2.42. The van der Waals surface area contributed by atoms with Gasteiger partial charge in [0, 0.05) is 26.2 Å². The van der Waals surface area contributed by atoms with E-state index < -0.39 is 35.0 Å². The molecule has 0 bridgehead atoms. The zero-order valence-electron chi connectivity index (χ0n) is 14.5. The van der Waals surface area contributed by atoms with Gasteiger partial charge in [-0.15, -0.1) is 0 Å². The van der Waals surface area contributed by atoms with Crippen molar-refractivity contribution in [3.05, 3.63) is 53.0 Å². The Hall–Kier alpha value is -3.01. The number of halogens is 4. The number of aromatic nitrogens is 2. The molecule has 1 N–H and O–H groups in total. The molecule has 28 heavy (non-hydrogen) atoms. The Balaban J connectivity index is 2.00. The molecule has 0 spiro atoms. The largest absolute Gasteiger partial charge is 0.419 e. The van der Waals surface area contributed by atoms with Crippen molar-refractivity contribution in [2.24, 2.45) is 0 Å². The Kier molecular flexibility index (Phi) is 4.84. The standard InChI is InChI=1S/C17H13ClF3N3O4/c1-16(2)27-14(25)11(15(26)28-16)7-22-12-5-9(17(19,20)21)3-4-13(12)24-8-10(18)6-23-24/h3-8,22H,1-2H3. The molecule has 0 saturated carbocycles. The number of carbonyl (C=O) groups is 2. The first-order valence-electron chi connectivity index (χ1n) is 7.81. The summed E-state index contributed by atoms with van der Waals surface area (Å²) in [5.74, 6) is -3.37. The van der Waals surface area contributed by atoms with Crippen molar-refractivity contribution in [1.82, 2.24) is 9.78 Å². The molecule has 1 saturated heterocycles. The number of carbonyl (C=O) groups excluding carboxylic acids is 2. The van der Waals surface area contributed by atoms with E-state index in [1.165, 1.54) is 37.0 Å². The Morgan fingerprint density at radius 3 is 2.39 bits per heavy atom. The highest BCUT2D eigenvalue weighted by molar-refractivity contribution is 6.30. The number of nitrogens with one attached hydrogen (secondary N) is 1. The Labute approximate surface area is 161 Å². The molecule has 0 radical (unpaired) electrons. The van der Waals surface area contributed by atoms with E-state index in [9.17, 15) is 22.8 Å². The fourth-order valence-electron chi connectivity index (χ4n) is 2.39. The third-order valence-corrected chi connectivity index (χ3v) is 3.81. The summed E-state index contributed by atoms with van der Waals surface area (Å²) in [5.41, 5.74) is -1.31. The monoisotopic (exact) mass is 415 g/mol. The Morgan fingerprint density at radius 2 is 1.86 bits per heavy atom. The average molecular weight is 416 g/mol. The van der Waals surface area contributed by atoms with Gasteiger partial charge in [-0.1, -0.05) is 11.6 Å². The van der Waals surface area contributed by atoms with Crippen LogP contribution in [0.1, 0.15) is 19.4 Å². The van der Waals surface area contributed by atoms with E-state index in [1.54, 1.807) is 0 Å². The second-order valence-electron chi connectivity index (χ2n) is 6.21. The number of alkyl halides is 3. The van der Waals surface area contributed by atoms with Crippen LogP contribution in [0.5, 0.6) is 0 Å². The van der Waals surface area contributed by atoms with Crippen molar-refractivity contribution in [3.63, 3.8) is 0 Å². The van der Waals surface area contributed by atoms with Gasteiger partial charge in [0.25, 0.3) is 5.79 Å². The highest BCUT2D eigenvalue weighted by atomic mass is 35.5. The summed E-state index contributed by atoms with van der Waals surface area (Å²) in [7, 11) is 0. The van der Waals surface area contributed by atoms with E-state index in [0.717, 1.165) is 18.3 Å². The molecule has 3 rings (SSSR count). The number of benzene rings is 1. The predicted octanol–water partition coefficient (Wildman–Crippen LogP) is 3.68. The van der Waals surface area contributed by atoms with E-state index in [4.69, 9.17) is 21.1 Å². The number of nitrogens with zero attached hydrogens (tertiary/aromatic N) is 2. The van der Waals surface area contributed by atoms with Crippen LogP contribution in [0.2, 0.25) is 5.02 Å². The number of hydrogen-bond donors (Lipinski definition) is 1. The minimum atomic E-state index is -4.60. The summed E-state index contributed by atoms with van der Waals surface area (Å²) in [4.78, 5) is 24.0. The van der Waals surface area contributed by atoms with Crippen LogP contribution in [0.15, 0.2) is 42.4 Å². The van der Waals surface area contributed by atoms with Crippen LogP contribution in [0.3, 0.4) is 0 Å². The van der Waals surface area contributed by atoms with Crippen LogP contribution >= 0.6 is 11.6 Å². The quantitative estimate of drug-likeness (QED) is 0.468. The second-order valence-corrected chi connectivity index (χ2v) is 6.65. The van der Waals surface area contributed by atoms with Crippen LogP contribution in [0.25, 0.3) is 5.69 Å². The van der Waals surface area contributed by atoms with Gasteiger partial charge in [0.05, 0.1) is 28.2 Å². The fraction of sp³-hybridized carbons (Fsp3) is 0.235. The number of cyclic esters (lactones) is 2. The van der Waals surface area contributed by atoms with Gasteiger partial charge in [0.1, 0.15) is 0 Å². The number of anilines is 1. The summed E-state index contributed by atoms with van der Waals surface area (Å²) < 4.78 is 50.3. The lowest BCUT2D eigenvalue weighted by Gasteiger charge is -2.29. The van der Waals surface area contributed by atoms with Gasteiger partial charge in [-0.3, -0.25) is 0 Å². The molecule has 1 aliphatic rings. The SMILES string of the molecule is CC1(C)OC(=O)C(=CNc2cc(C(F)(F)F)ccc2-n2cc(Cl)cn2)C(=O)O1. The van der Waals surface area contributed by atoms with Crippen LogP contribution < -0.4 is 5.32 Å². The normalized spacial score (nSPS) is 16.4. The fourth-order valence-corrected chi connectivity index (χ4v) is 2.52. The van der Waals surface area contributed by atoms with Crippen molar-refractivity contribution in [3.8, 4) is 5.69 Å².